The molecule has 1 aromatic carbocycles. The molecule has 1 rings (SSSR count). The van der Waals surface area contributed by atoms with Crippen LogP contribution in [0.3, 0.4) is 0 Å². The molecule has 0 saturated heterocycles. The number of aryl methyl sites for hydroxylation is 1. The van der Waals surface area contributed by atoms with Crippen LogP contribution in [-0.4, -0.2) is 14.2 Å². The lowest BCUT2D eigenvalue weighted by molar-refractivity contribution is 0.490. The number of benzene rings is 1. The molecule has 3 nitrogen and oxygen atoms in total. The van der Waals surface area contributed by atoms with E-state index in [0.29, 0.717) is 0 Å². The Balaban J connectivity index is 2.80. The molecule has 0 saturated carbocycles. The normalized spacial score (nSPS) is 10.6. The van der Waals surface area contributed by atoms with E-state index in [2.05, 4.69) is 0 Å². The van der Waals surface area contributed by atoms with E-state index in [0.717, 1.165) is 5.56 Å². The zero-order valence-corrected chi connectivity index (χ0v) is 8.54. The molecule has 14 heavy (non-hydrogen) atoms. The summed E-state index contributed by atoms with van der Waals surface area (Å²) in [6, 6.07) is 6.70. The van der Waals surface area contributed by atoms with Crippen LogP contribution in [0.5, 0.6) is 5.75 Å². The van der Waals surface area contributed by atoms with E-state index in [1.165, 1.54) is 0 Å². The van der Waals surface area contributed by atoms with Gasteiger partial charge in [0.05, 0.1) is 0 Å². The SMILES string of the molecule is C#CCS(=O)(=O)Oc1ccc(C)cc1. The van der Waals surface area contributed by atoms with Gasteiger partial charge in [0.1, 0.15) is 11.5 Å². The molecule has 0 spiro atoms. The molecule has 0 atom stereocenters. The van der Waals surface area contributed by atoms with Crippen LogP contribution in [-0.2, 0) is 10.1 Å². The van der Waals surface area contributed by atoms with Gasteiger partial charge in [0.25, 0.3) is 0 Å². The Morgan fingerprint density at radius 1 is 1.36 bits per heavy atom. The van der Waals surface area contributed by atoms with E-state index < -0.39 is 15.9 Å². The highest BCUT2D eigenvalue weighted by atomic mass is 32.2. The summed E-state index contributed by atoms with van der Waals surface area (Å²) >= 11 is 0. The summed E-state index contributed by atoms with van der Waals surface area (Å²) < 4.78 is 27.0. The molecule has 0 N–H and O–H groups in total. The van der Waals surface area contributed by atoms with Crippen LogP contribution in [0.25, 0.3) is 0 Å². The third-order valence-corrected chi connectivity index (χ3v) is 2.47. The standard InChI is InChI=1S/C10H10O3S/c1-3-8-14(11,12)13-10-6-4-9(2)5-7-10/h1,4-7H,8H2,2H3. The first kappa shape index (κ1) is 10.6. The maximum Gasteiger partial charge on any atom is 0.320 e. The van der Waals surface area contributed by atoms with Gasteiger partial charge in [0.15, 0.2) is 0 Å². The first-order valence-corrected chi connectivity index (χ1v) is 5.53. The molecule has 0 aliphatic rings. The van der Waals surface area contributed by atoms with Gasteiger partial charge in [-0.15, -0.1) is 6.42 Å². The summed E-state index contributed by atoms with van der Waals surface area (Å²) in [5, 5.41) is 0. The molecule has 74 valence electrons. The Bertz CT molecular complexity index is 437. The first-order chi connectivity index (χ1) is 6.53. The van der Waals surface area contributed by atoms with Crippen LogP contribution in [0.2, 0.25) is 0 Å². The van der Waals surface area contributed by atoms with Crippen LogP contribution in [0.4, 0.5) is 0 Å². The predicted octanol–water partition coefficient (Wildman–Crippen LogP) is 1.34. The van der Waals surface area contributed by atoms with Crippen molar-refractivity contribution in [2.75, 3.05) is 5.75 Å². The van der Waals surface area contributed by atoms with E-state index in [1.807, 2.05) is 12.8 Å². The minimum Gasteiger partial charge on any atom is -0.382 e. The van der Waals surface area contributed by atoms with Crippen molar-refractivity contribution in [1.29, 1.82) is 0 Å². The molecule has 0 aliphatic carbocycles. The van der Waals surface area contributed by atoms with Crippen LogP contribution < -0.4 is 4.18 Å². The van der Waals surface area contributed by atoms with Gasteiger partial charge >= 0.3 is 10.1 Å². The van der Waals surface area contributed by atoms with E-state index in [1.54, 1.807) is 24.3 Å². The molecular formula is C10H10O3S. The molecule has 1 aromatic rings. The third-order valence-electron chi connectivity index (χ3n) is 1.50. The molecular weight excluding hydrogens is 200 g/mol. The van der Waals surface area contributed by atoms with Crippen LogP contribution >= 0.6 is 0 Å². The van der Waals surface area contributed by atoms with Gasteiger partial charge in [-0.25, -0.2) is 0 Å². The fraction of sp³-hybridized carbons (Fsp3) is 0.200. The van der Waals surface area contributed by atoms with Gasteiger partial charge in [-0.05, 0) is 19.1 Å². The van der Waals surface area contributed by atoms with E-state index >= 15 is 0 Å². The van der Waals surface area contributed by atoms with Crippen LogP contribution in [0, 0.1) is 19.3 Å². The highest BCUT2D eigenvalue weighted by Gasteiger charge is 2.09. The molecule has 0 unspecified atom stereocenters. The maximum absolute atomic E-state index is 11.1. The van der Waals surface area contributed by atoms with Gasteiger partial charge in [-0.2, -0.15) is 8.42 Å². The third kappa shape index (κ3) is 3.11. The topological polar surface area (TPSA) is 43.4 Å². The molecule has 0 fully saturated rings. The zero-order valence-electron chi connectivity index (χ0n) is 7.73. The molecule has 0 aliphatic heterocycles. The van der Waals surface area contributed by atoms with Crippen molar-refractivity contribution < 1.29 is 12.6 Å². The average Bonchev–Trinajstić information content (AvgIpc) is 2.08. The second-order valence-corrected chi connectivity index (χ2v) is 4.37. The quantitative estimate of drug-likeness (QED) is 0.558. The summed E-state index contributed by atoms with van der Waals surface area (Å²) in [6.07, 6.45) is 4.88. The molecule has 0 radical (unpaired) electrons. The number of hydrogen-bond donors (Lipinski definition) is 0. The van der Waals surface area contributed by atoms with Crippen molar-refractivity contribution in [2.24, 2.45) is 0 Å². The van der Waals surface area contributed by atoms with Crippen LogP contribution in [0.1, 0.15) is 5.56 Å². The van der Waals surface area contributed by atoms with E-state index in [-0.39, 0.29) is 5.75 Å². The maximum atomic E-state index is 11.1. The highest BCUT2D eigenvalue weighted by molar-refractivity contribution is 7.87. The second-order valence-electron chi connectivity index (χ2n) is 2.80. The summed E-state index contributed by atoms with van der Waals surface area (Å²) in [6.45, 7) is 1.90. The average molecular weight is 210 g/mol. The van der Waals surface area contributed by atoms with Crippen molar-refractivity contribution in [2.45, 2.75) is 6.92 Å². The lowest BCUT2D eigenvalue weighted by Gasteiger charge is -2.03. The van der Waals surface area contributed by atoms with Crippen molar-refractivity contribution in [3.05, 3.63) is 29.8 Å². The Labute approximate surface area is 83.8 Å². The Morgan fingerprint density at radius 2 is 1.93 bits per heavy atom. The second kappa shape index (κ2) is 4.16. The van der Waals surface area contributed by atoms with Crippen molar-refractivity contribution in [1.82, 2.24) is 0 Å². The summed E-state index contributed by atoms with van der Waals surface area (Å²) in [5.41, 5.74) is 1.03. The lowest BCUT2D eigenvalue weighted by Crippen LogP contribution is -2.12. The predicted molar refractivity (Wildman–Crippen MR) is 54.4 cm³/mol. The minimum absolute atomic E-state index is 0.283. The fourth-order valence-corrected chi connectivity index (χ4v) is 1.54. The van der Waals surface area contributed by atoms with Gasteiger partial charge in [-0.1, -0.05) is 23.6 Å². The van der Waals surface area contributed by atoms with Gasteiger partial charge in [0, 0.05) is 0 Å². The van der Waals surface area contributed by atoms with E-state index in [9.17, 15) is 8.42 Å². The molecule has 0 bridgehead atoms. The Kier molecular flexibility index (Phi) is 3.15. The Morgan fingerprint density at radius 3 is 2.43 bits per heavy atom. The first-order valence-electron chi connectivity index (χ1n) is 3.96. The molecule has 0 heterocycles. The lowest BCUT2D eigenvalue weighted by atomic mass is 10.2. The van der Waals surface area contributed by atoms with E-state index in [4.69, 9.17) is 10.6 Å². The van der Waals surface area contributed by atoms with Crippen LogP contribution in [0.15, 0.2) is 24.3 Å². The summed E-state index contributed by atoms with van der Waals surface area (Å²) in [5.74, 6) is 1.89. The fourth-order valence-electron chi connectivity index (χ4n) is 0.872. The summed E-state index contributed by atoms with van der Waals surface area (Å²) in [4.78, 5) is 0. The molecule has 0 aromatic heterocycles. The number of hydrogen-bond acceptors (Lipinski definition) is 3. The molecule has 4 heteroatoms. The van der Waals surface area contributed by atoms with Crippen molar-refractivity contribution >= 4 is 10.1 Å². The van der Waals surface area contributed by atoms with Crippen molar-refractivity contribution in [3.8, 4) is 18.1 Å². The molecule has 0 amide bonds. The largest absolute Gasteiger partial charge is 0.382 e. The number of rotatable bonds is 3. The Hall–Kier alpha value is -1.47. The summed E-state index contributed by atoms with van der Waals surface area (Å²) in [7, 11) is -3.63. The highest BCUT2D eigenvalue weighted by Crippen LogP contribution is 2.13. The van der Waals surface area contributed by atoms with Gasteiger partial charge in [0.2, 0.25) is 0 Å². The number of terminal acetylenes is 1. The van der Waals surface area contributed by atoms with Gasteiger partial charge in [-0.3, -0.25) is 0 Å². The smallest absolute Gasteiger partial charge is 0.320 e. The minimum atomic E-state index is -3.63. The zero-order chi connectivity index (χ0) is 10.6. The monoisotopic (exact) mass is 210 g/mol. The van der Waals surface area contributed by atoms with Crippen molar-refractivity contribution in [3.63, 3.8) is 0 Å². The van der Waals surface area contributed by atoms with Gasteiger partial charge < -0.3 is 4.18 Å².